The minimum absolute atomic E-state index is 0.897. The lowest BCUT2D eigenvalue weighted by Gasteiger charge is -2.24. The molecule has 0 unspecified atom stereocenters. The molecule has 0 aliphatic carbocycles. The van der Waals surface area contributed by atoms with Gasteiger partial charge >= 0.3 is 0 Å². The molecule has 1 aromatic carbocycles. The molecule has 104 valence electrons. The van der Waals surface area contributed by atoms with Crippen LogP contribution >= 0.6 is 0 Å². The van der Waals surface area contributed by atoms with Crippen molar-refractivity contribution in [3.8, 4) is 0 Å². The van der Waals surface area contributed by atoms with E-state index in [1.165, 1.54) is 38.6 Å². The second-order valence-electron chi connectivity index (χ2n) is 5.59. The Morgan fingerprint density at radius 3 is 1.90 bits per heavy atom. The topological polar surface area (TPSA) is 0 Å². The second kappa shape index (κ2) is 7.45. The van der Waals surface area contributed by atoms with Gasteiger partial charge in [0.25, 0.3) is 0 Å². The van der Waals surface area contributed by atoms with Crippen LogP contribution in [0.2, 0.25) is 0 Å². The lowest BCUT2D eigenvalue weighted by molar-refractivity contribution is 1.22. The summed E-state index contributed by atoms with van der Waals surface area (Å²) < 4.78 is 0. The summed E-state index contributed by atoms with van der Waals surface area (Å²) in [6, 6.07) is 0. The molecule has 0 atom stereocenters. The van der Waals surface area contributed by atoms with Gasteiger partial charge in [0.15, 0.2) is 0 Å². The highest BCUT2D eigenvalue weighted by Gasteiger charge is 2.17. The van der Waals surface area contributed by atoms with Crippen LogP contribution in [-0.2, 0) is 0 Å². The summed E-state index contributed by atoms with van der Waals surface area (Å²) >= 11 is 0. The highest BCUT2D eigenvalue weighted by molar-refractivity contribution is 6.64. The molecule has 0 amide bonds. The van der Waals surface area contributed by atoms with Gasteiger partial charge in [-0.3, -0.25) is 0 Å². The minimum atomic E-state index is 0.897. The molecule has 0 spiro atoms. The molecular formula is C17H24B4. The van der Waals surface area contributed by atoms with Crippen LogP contribution in [0, 0.1) is 0 Å². The van der Waals surface area contributed by atoms with Crippen molar-refractivity contribution in [2.75, 3.05) is 0 Å². The van der Waals surface area contributed by atoms with Gasteiger partial charge in [0.1, 0.15) is 31.4 Å². The van der Waals surface area contributed by atoms with Gasteiger partial charge in [0.05, 0.1) is 0 Å². The van der Waals surface area contributed by atoms with Crippen LogP contribution in [0.3, 0.4) is 0 Å². The summed E-state index contributed by atoms with van der Waals surface area (Å²) in [5, 5.41) is 0. The predicted molar refractivity (Wildman–Crippen MR) is 111 cm³/mol. The maximum Gasteiger partial charge on any atom is 0.139 e. The summed E-state index contributed by atoms with van der Waals surface area (Å²) in [5.41, 5.74) is 10.4. The maximum atomic E-state index is 4.21. The molecular weight excluding hydrogens is 247 g/mol. The zero-order valence-corrected chi connectivity index (χ0v) is 14.3. The Labute approximate surface area is 133 Å². The van der Waals surface area contributed by atoms with E-state index in [2.05, 4.69) is 64.1 Å². The van der Waals surface area contributed by atoms with E-state index in [1.54, 1.807) is 0 Å². The molecule has 0 radical (unpaired) electrons. The Morgan fingerprint density at radius 1 is 0.952 bits per heavy atom. The zero-order valence-electron chi connectivity index (χ0n) is 14.3. The molecule has 21 heavy (non-hydrogen) atoms. The number of rotatable bonds is 6. The Hall–Kier alpha value is -1.56. The van der Waals surface area contributed by atoms with Gasteiger partial charge in [-0.1, -0.05) is 49.2 Å². The van der Waals surface area contributed by atoms with Crippen LogP contribution in [0.15, 0.2) is 38.0 Å². The average molecular weight is 272 g/mol. The summed E-state index contributed by atoms with van der Waals surface area (Å²) in [6.07, 6.45) is 7.99. The molecule has 0 nitrogen and oxygen atoms in total. The molecule has 0 saturated heterocycles. The zero-order chi connectivity index (χ0) is 16.2. The van der Waals surface area contributed by atoms with Crippen LogP contribution in [0.25, 0.3) is 11.1 Å². The van der Waals surface area contributed by atoms with E-state index in [1.807, 2.05) is 12.2 Å². The molecule has 0 aliphatic heterocycles. The highest BCUT2D eigenvalue weighted by Crippen LogP contribution is 2.24. The number of allylic oxidation sites excluding steroid dienone is 5. The summed E-state index contributed by atoms with van der Waals surface area (Å²) in [6.45, 7) is 14.2. The first-order chi connectivity index (χ1) is 9.90. The molecule has 0 heterocycles. The number of hydrogen-bond acceptors (Lipinski definition) is 0. The first-order valence-corrected chi connectivity index (χ1v) is 7.62. The highest BCUT2D eigenvalue weighted by atomic mass is 14.2. The van der Waals surface area contributed by atoms with Crippen molar-refractivity contribution in [2.45, 2.75) is 19.8 Å². The van der Waals surface area contributed by atoms with Crippen LogP contribution in [0.5, 0.6) is 0 Å². The lowest BCUT2D eigenvalue weighted by atomic mass is 9.61. The third-order valence-corrected chi connectivity index (χ3v) is 4.49. The smallest absolute Gasteiger partial charge is 0.103 e. The predicted octanol–water partition coefficient (Wildman–Crippen LogP) is -1.71. The first kappa shape index (κ1) is 17.5. The van der Waals surface area contributed by atoms with E-state index >= 15 is 0 Å². The fourth-order valence-corrected chi connectivity index (χ4v) is 2.87. The third-order valence-electron chi connectivity index (χ3n) is 4.49. The number of benzene rings is 1. The molecule has 0 aromatic heterocycles. The van der Waals surface area contributed by atoms with Gasteiger partial charge < -0.3 is 0 Å². The first-order valence-electron chi connectivity index (χ1n) is 7.62. The second-order valence-corrected chi connectivity index (χ2v) is 5.59. The van der Waals surface area contributed by atoms with E-state index in [0.717, 1.165) is 18.4 Å². The van der Waals surface area contributed by atoms with E-state index in [0.29, 0.717) is 0 Å². The molecule has 0 bridgehead atoms. The molecule has 1 rings (SSSR count). The van der Waals surface area contributed by atoms with Gasteiger partial charge in [-0.25, -0.2) is 0 Å². The number of hydrogen-bond donors (Lipinski definition) is 0. The monoisotopic (exact) mass is 272 g/mol. The van der Waals surface area contributed by atoms with Gasteiger partial charge in [-0.2, -0.15) is 0 Å². The van der Waals surface area contributed by atoms with Gasteiger partial charge in [0.2, 0.25) is 0 Å². The van der Waals surface area contributed by atoms with Crippen molar-refractivity contribution >= 4 is 64.4 Å². The van der Waals surface area contributed by atoms with Crippen molar-refractivity contribution < 1.29 is 0 Å². The lowest BCUT2D eigenvalue weighted by Crippen LogP contribution is -2.50. The largest absolute Gasteiger partial charge is 0.139 e. The van der Waals surface area contributed by atoms with E-state index in [-0.39, 0.29) is 0 Å². The van der Waals surface area contributed by atoms with Crippen molar-refractivity contribution in [1.82, 2.24) is 0 Å². The fourth-order valence-electron chi connectivity index (χ4n) is 2.87. The Morgan fingerprint density at radius 2 is 1.48 bits per heavy atom. The standard InChI is InChI=1S/C17H24B4/c1-5-8-9-11(7-3)13-12(10(4)6-2)14(18)16(20)17(21)15(13)19/h5-6,9H,1-2,4,7-8,18-21H2,3H3/b11-9+. The minimum Gasteiger partial charge on any atom is -0.103 e. The van der Waals surface area contributed by atoms with Crippen molar-refractivity contribution in [3.05, 3.63) is 49.1 Å². The maximum absolute atomic E-state index is 4.21. The van der Waals surface area contributed by atoms with Crippen LogP contribution < -0.4 is 21.9 Å². The quantitative estimate of drug-likeness (QED) is 0.328. The molecule has 0 fully saturated rings. The van der Waals surface area contributed by atoms with E-state index in [9.17, 15) is 0 Å². The van der Waals surface area contributed by atoms with Crippen LogP contribution in [0.4, 0.5) is 0 Å². The fraction of sp³-hybridized carbons (Fsp3) is 0.176. The van der Waals surface area contributed by atoms with Crippen molar-refractivity contribution in [2.24, 2.45) is 0 Å². The average Bonchev–Trinajstić information content (AvgIpc) is 2.49. The van der Waals surface area contributed by atoms with Gasteiger partial charge in [-0.05, 0) is 35.1 Å². The van der Waals surface area contributed by atoms with Crippen molar-refractivity contribution in [1.29, 1.82) is 0 Å². The summed E-state index contributed by atoms with van der Waals surface area (Å²) in [5.74, 6) is 0. The molecule has 1 aromatic rings. The van der Waals surface area contributed by atoms with Crippen molar-refractivity contribution in [3.63, 3.8) is 0 Å². The molecule has 0 N–H and O–H groups in total. The summed E-state index contributed by atoms with van der Waals surface area (Å²) in [7, 11) is 8.81. The van der Waals surface area contributed by atoms with E-state index in [4.69, 9.17) is 0 Å². The normalized spacial score (nSPS) is 11.2. The third kappa shape index (κ3) is 3.37. The van der Waals surface area contributed by atoms with E-state index < -0.39 is 0 Å². The Balaban J connectivity index is 3.80. The molecule has 0 saturated carbocycles. The van der Waals surface area contributed by atoms with Gasteiger partial charge in [-0.15, -0.1) is 17.5 Å². The SMILES string of the molecule is Bc1c(B)c(B)c(/C(=C/CC=C)CC)c(C(=C)C=C)c1B. The van der Waals surface area contributed by atoms with Gasteiger partial charge in [0, 0.05) is 0 Å². The Kier molecular flexibility index (Phi) is 6.20. The molecule has 4 heteroatoms. The van der Waals surface area contributed by atoms with Crippen LogP contribution in [0.1, 0.15) is 30.9 Å². The van der Waals surface area contributed by atoms with Crippen LogP contribution in [-0.4, -0.2) is 31.4 Å². The summed E-state index contributed by atoms with van der Waals surface area (Å²) in [4.78, 5) is 0. The molecule has 0 aliphatic rings. The Bertz CT molecular complexity index is 624.